The number of carbonyl (C=O) groups is 4. The van der Waals surface area contributed by atoms with E-state index in [1.165, 1.54) is 76.4 Å². The van der Waals surface area contributed by atoms with E-state index in [2.05, 4.69) is 24.1 Å². The predicted octanol–water partition coefficient (Wildman–Crippen LogP) is 9.11. The van der Waals surface area contributed by atoms with E-state index < -0.39 is 0 Å². The van der Waals surface area contributed by atoms with E-state index in [1.807, 2.05) is 12.2 Å². The van der Waals surface area contributed by atoms with Gasteiger partial charge in [-0.3, -0.25) is 0 Å². The van der Waals surface area contributed by atoms with Crippen LogP contribution in [0.4, 0.5) is 9.59 Å². The molecule has 1 N–H and O–H groups in total. The molecule has 1 fully saturated rings. The van der Waals surface area contributed by atoms with Crippen molar-refractivity contribution >= 4 is 45.7 Å². The van der Waals surface area contributed by atoms with Crippen molar-refractivity contribution < 1.29 is 38.1 Å². The third-order valence-electron chi connectivity index (χ3n) is 8.62. The lowest BCUT2D eigenvalue weighted by Gasteiger charge is -2.22. The van der Waals surface area contributed by atoms with Crippen LogP contribution in [0.1, 0.15) is 129 Å². The van der Waals surface area contributed by atoms with Gasteiger partial charge in [0.05, 0.1) is 13.2 Å². The van der Waals surface area contributed by atoms with Gasteiger partial charge in [-0.05, 0) is 77.3 Å². The number of alkyl carbamates (subject to hydrolysis) is 1. The van der Waals surface area contributed by atoms with Crippen molar-refractivity contribution in [3.8, 4) is 0 Å². The molecule has 0 bridgehead atoms. The van der Waals surface area contributed by atoms with Crippen molar-refractivity contribution in [2.45, 2.75) is 129 Å². The molecule has 1 saturated heterocycles. The Bertz CT molecular complexity index is 949. The number of nitrogens with one attached hydrogen (secondary N) is 1. The van der Waals surface area contributed by atoms with E-state index in [-0.39, 0.29) is 30.7 Å². The fraction of sp³-hybridized carbons (Fsp3) is 0.800. The molecule has 0 radical (unpaired) electrons. The Hall–Kier alpha value is -2.38. The lowest BCUT2D eigenvalue weighted by atomic mass is 10.1. The second-order valence-electron chi connectivity index (χ2n) is 13.3. The molecule has 1 aliphatic heterocycles. The molecule has 0 saturated carbocycles. The number of amides is 2. The van der Waals surface area contributed by atoms with Crippen LogP contribution in [0.25, 0.3) is 0 Å². The maximum Gasteiger partial charge on any atom is 0.409 e. The van der Waals surface area contributed by atoms with E-state index >= 15 is 0 Å². The number of likely N-dealkylation sites (tertiary alicyclic amines) is 1. The quantitative estimate of drug-likeness (QED) is 0.0231. The Labute approximate surface area is 328 Å². The van der Waals surface area contributed by atoms with Gasteiger partial charge in [0.25, 0.3) is 0 Å². The molecule has 11 nitrogen and oxygen atoms in total. The summed E-state index contributed by atoms with van der Waals surface area (Å²) in [5.41, 5.74) is 0. The van der Waals surface area contributed by atoms with Crippen molar-refractivity contribution in [2.24, 2.45) is 0 Å². The van der Waals surface area contributed by atoms with Crippen LogP contribution in [-0.2, 0) is 28.5 Å². The van der Waals surface area contributed by atoms with Crippen LogP contribution >= 0.6 is 21.6 Å². The molecule has 1 rings (SSSR count). The number of nitrogens with zero attached hydrogens (tertiary/aromatic N) is 2. The van der Waals surface area contributed by atoms with E-state index in [9.17, 15) is 19.2 Å². The Morgan fingerprint density at radius 3 is 1.68 bits per heavy atom. The summed E-state index contributed by atoms with van der Waals surface area (Å²) in [6.45, 7) is 10.1. The summed E-state index contributed by atoms with van der Waals surface area (Å²) in [6, 6.07) is 0. The van der Waals surface area contributed by atoms with Gasteiger partial charge in [0.15, 0.2) is 0 Å². The predicted molar refractivity (Wildman–Crippen MR) is 218 cm³/mol. The number of hydrogen-bond donors (Lipinski definition) is 1. The van der Waals surface area contributed by atoms with Crippen molar-refractivity contribution in [1.29, 1.82) is 0 Å². The molecule has 2 amide bonds. The number of esters is 2. The van der Waals surface area contributed by atoms with Gasteiger partial charge in [-0.15, -0.1) is 0 Å². The fourth-order valence-electron chi connectivity index (χ4n) is 5.55. The van der Waals surface area contributed by atoms with Crippen molar-refractivity contribution in [1.82, 2.24) is 15.1 Å². The standard InChI is InChI=1S/C40H71N3O8S2/c1-3-5-7-9-11-15-23-37(44)48-31-21-19-28-43(29-20-22-32-49-38(45)24-16-12-10-8-6-4-2)40(47)51-34-36-53-52-35-33-50-39(46)41-25-30-42-26-17-13-14-18-27-42/h15-16,23-24H,3-14,17-22,25-36H2,1-2H3,(H,41,46)/b23-15-,24-16-. The first-order valence-corrected chi connectivity index (χ1v) is 22.9. The summed E-state index contributed by atoms with van der Waals surface area (Å²) in [5, 5.41) is 2.84. The minimum atomic E-state index is -0.387. The SMILES string of the molecule is CCCCCC/C=C\C(=O)OCCCCN(CCCCOC(=O)/C=C\CCCCCC)C(=O)OCCSSCCOC(=O)NCCN1CCCCCC1. The molecule has 1 aliphatic rings. The van der Waals surface area contributed by atoms with Gasteiger partial charge in [-0.25, -0.2) is 19.2 Å². The molecule has 0 aliphatic carbocycles. The van der Waals surface area contributed by atoms with Crippen molar-refractivity contribution in [3.63, 3.8) is 0 Å². The molecule has 1 heterocycles. The van der Waals surface area contributed by atoms with Gasteiger partial charge < -0.3 is 34.1 Å². The van der Waals surface area contributed by atoms with Gasteiger partial charge >= 0.3 is 24.1 Å². The smallest absolute Gasteiger partial charge is 0.409 e. The zero-order valence-electron chi connectivity index (χ0n) is 33.0. The highest BCUT2D eigenvalue weighted by molar-refractivity contribution is 8.76. The lowest BCUT2D eigenvalue weighted by Crippen LogP contribution is -2.35. The van der Waals surface area contributed by atoms with Gasteiger partial charge in [0.2, 0.25) is 0 Å². The Morgan fingerprint density at radius 2 is 1.15 bits per heavy atom. The van der Waals surface area contributed by atoms with Crippen LogP contribution in [0.5, 0.6) is 0 Å². The third kappa shape index (κ3) is 31.7. The maximum absolute atomic E-state index is 13.0. The molecule has 0 spiro atoms. The molecule has 0 aromatic rings. The largest absolute Gasteiger partial charge is 0.463 e. The average Bonchev–Trinajstić information content (AvgIpc) is 3.43. The van der Waals surface area contributed by atoms with Crippen LogP contribution in [0.15, 0.2) is 24.3 Å². The average molecular weight is 786 g/mol. The van der Waals surface area contributed by atoms with Crippen molar-refractivity contribution in [3.05, 3.63) is 24.3 Å². The van der Waals surface area contributed by atoms with Crippen molar-refractivity contribution in [2.75, 3.05) is 77.2 Å². The third-order valence-corrected chi connectivity index (χ3v) is 11.0. The summed E-state index contributed by atoms with van der Waals surface area (Å²) in [5.74, 6) is 0.585. The topological polar surface area (TPSA) is 124 Å². The van der Waals surface area contributed by atoms with Crippen LogP contribution in [0, 0.1) is 0 Å². The van der Waals surface area contributed by atoms with Crippen LogP contribution < -0.4 is 5.32 Å². The molecule has 53 heavy (non-hydrogen) atoms. The second-order valence-corrected chi connectivity index (χ2v) is 16.0. The number of rotatable bonds is 32. The fourth-order valence-corrected chi connectivity index (χ4v) is 7.20. The van der Waals surface area contributed by atoms with Gasteiger partial charge in [-0.1, -0.05) is 99.0 Å². The summed E-state index contributed by atoms with van der Waals surface area (Å²) in [7, 11) is 3.14. The normalized spacial score (nSPS) is 13.5. The maximum atomic E-state index is 13.0. The number of ether oxygens (including phenoxy) is 4. The van der Waals surface area contributed by atoms with Gasteiger partial charge in [0.1, 0.15) is 13.2 Å². The highest BCUT2D eigenvalue weighted by Crippen LogP contribution is 2.20. The summed E-state index contributed by atoms with van der Waals surface area (Å²) in [4.78, 5) is 53.0. The Morgan fingerprint density at radius 1 is 0.623 bits per heavy atom. The monoisotopic (exact) mass is 785 g/mol. The molecular weight excluding hydrogens is 715 g/mol. The van der Waals surface area contributed by atoms with Gasteiger partial charge in [0, 0.05) is 49.8 Å². The van der Waals surface area contributed by atoms with Crippen LogP contribution in [0.3, 0.4) is 0 Å². The first kappa shape index (κ1) is 48.6. The van der Waals surface area contributed by atoms with E-state index in [0.29, 0.717) is 76.6 Å². The zero-order chi connectivity index (χ0) is 38.5. The molecule has 0 unspecified atom stereocenters. The molecule has 13 heteroatoms. The van der Waals surface area contributed by atoms with E-state index in [4.69, 9.17) is 18.9 Å². The van der Waals surface area contributed by atoms with Crippen LogP contribution in [-0.4, -0.2) is 111 Å². The highest BCUT2D eigenvalue weighted by Gasteiger charge is 2.15. The van der Waals surface area contributed by atoms with E-state index in [0.717, 1.165) is 45.3 Å². The Kier molecular flexibility index (Phi) is 33.6. The lowest BCUT2D eigenvalue weighted by molar-refractivity contribution is -0.138. The minimum absolute atomic E-state index is 0.260. The molecular formula is C40H71N3O8S2. The number of allylic oxidation sites excluding steroid dienone is 2. The minimum Gasteiger partial charge on any atom is -0.463 e. The van der Waals surface area contributed by atoms with Gasteiger partial charge in [-0.2, -0.15) is 0 Å². The molecule has 306 valence electrons. The summed E-state index contributed by atoms with van der Waals surface area (Å²) >= 11 is 0. The number of unbranched alkanes of at least 4 members (excludes halogenated alkanes) is 10. The zero-order valence-corrected chi connectivity index (χ0v) is 34.6. The number of carbonyl (C=O) groups excluding carboxylic acids is 4. The summed E-state index contributed by atoms with van der Waals surface area (Å²) < 4.78 is 21.5. The van der Waals surface area contributed by atoms with Crippen LogP contribution in [0.2, 0.25) is 0 Å². The first-order valence-electron chi connectivity index (χ1n) is 20.4. The van der Waals surface area contributed by atoms with E-state index in [1.54, 1.807) is 26.5 Å². The summed E-state index contributed by atoms with van der Waals surface area (Å²) in [6.07, 6.45) is 24.7. The molecule has 0 atom stereocenters. The highest BCUT2D eigenvalue weighted by atomic mass is 33.1. The Balaban J connectivity index is 2.29. The first-order chi connectivity index (χ1) is 26.0. The molecule has 0 aromatic heterocycles. The second kappa shape index (κ2) is 36.6. The molecule has 0 aromatic carbocycles. The number of hydrogen-bond acceptors (Lipinski definition) is 11.